The number of ketones is 1. The smallest absolute Gasteiger partial charge is 0.405 e. The topological polar surface area (TPSA) is 72.5 Å². The second-order valence-electron chi connectivity index (χ2n) is 16.0. The molecule has 1 N–H and O–H groups in total. The molecule has 1 amide bonds. The Bertz CT molecular complexity index is 1210. The van der Waals surface area contributed by atoms with Gasteiger partial charge in [-0.1, -0.05) is 48.5 Å². The lowest BCUT2D eigenvalue weighted by molar-refractivity contribution is -0.232. The number of halogens is 3. The fourth-order valence-corrected chi connectivity index (χ4v) is 11.6. The number of carbonyl (C=O) groups is 3. The molecule has 8 atom stereocenters. The van der Waals surface area contributed by atoms with E-state index in [-0.39, 0.29) is 57.8 Å². The molecule has 236 valence electrons. The number of alkyl halides is 3. The molecule has 0 spiro atoms. The van der Waals surface area contributed by atoms with Gasteiger partial charge in [0.1, 0.15) is 12.6 Å². The van der Waals surface area contributed by atoms with Crippen LogP contribution < -0.4 is 5.32 Å². The summed E-state index contributed by atoms with van der Waals surface area (Å²) in [4.78, 5) is 39.2. The normalized spacial score (nSPS) is 42.8. The minimum absolute atomic E-state index is 0.0152. The first-order valence-corrected chi connectivity index (χ1v) is 16.0. The van der Waals surface area contributed by atoms with Gasteiger partial charge in [0.05, 0.1) is 5.41 Å². The van der Waals surface area contributed by atoms with E-state index in [0.717, 1.165) is 44.1 Å². The molecule has 0 heterocycles. The number of Topliss-reactive ketones (excluding diaryl/α,β-unsaturated/α-hetero) is 1. The van der Waals surface area contributed by atoms with E-state index < -0.39 is 24.0 Å². The summed E-state index contributed by atoms with van der Waals surface area (Å²) in [6, 6.07) is 0. The summed E-state index contributed by atoms with van der Waals surface area (Å²) in [6.07, 6.45) is 2.14. The molecule has 4 saturated carbocycles. The zero-order valence-corrected chi connectivity index (χ0v) is 26.7. The van der Waals surface area contributed by atoms with Gasteiger partial charge in [-0.3, -0.25) is 14.4 Å². The van der Waals surface area contributed by atoms with Gasteiger partial charge in [-0.25, -0.2) is 0 Å². The third-order valence-corrected chi connectivity index (χ3v) is 13.6. The number of esters is 1. The fourth-order valence-electron chi connectivity index (χ4n) is 11.6. The second kappa shape index (κ2) is 9.82. The van der Waals surface area contributed by atoms with Gasteiger partial charge in [0, 0.05) is 18.8 Å². The average Bonchev–Trinajstić information content (AvgIpc) is 3.17. The molecular formula is C34H50F3NO4. The monoisotopic (exact) mass is 593 g/mol. The number of nitrogens with one attached hydrogen (secondary N) is 1. The molecule has 5 nitrogen and oxygen atoms in total. The predicted molar refractivity (Wildman–Crippen MR) is 154 cm³/mol. The van der Waals surface area contributed by atoms with Crippen molar-refractivity contribution < 1.29 is 32.3 Å². The molecule has 0 aromatic heterocycles. The second-order valence-corrected chi connectivity index (χ2v) is 16.0. The highest BCUT2D eigenvalue weighted by Crippen LogP contribution is 2.76. The number of hydrogen-bond donors (Lipinski definition) is 1. The summed E-state index contributed by atoms with van der Waals surface area (Å²) in [6.45, 7) is 15.8. The summed E-state index contributed by atoms with van der Waals surface area (Å²) in [7, 11) is 0. The third-order valence-electron chi connectivity index (χ3n) is 13.6. The van der Waals surface area contributed by atoms with Crippen LogP contribution in [-0.4, -0.2) is 36.5 Å². The zero-order chi connectivity index (χ0) is 31.3. The predicted octanol–water partition coefficient (Wildman–Crippen LogP) is 7.58. The Morgan fingerprint density at radius 2 is 1.60 bits per heavy atom. The number of amides is 1. The van der Waals surface area contributed by atoms with Gasteiger partial charge in [0.15, 0.2) is 5.78 Å². The molecule has 0 aromatic carbocycles. The van der Waals surface area contributed by atoms with Gasteiger partial charge in [-0.2, -0.15) is 13.2 Å². The van der Waals surface area contributed by atoms with E-state index in [4.69, 9.17) is 4.74 Å². The standard InChI is InChI=1S/C34H50F3NO4/c1-19(2)26-22(40)17-33(28(41)38-18-34(35,36)37)16-15-31(7)21(27(26)33)9-10-24-30(6)13-12-25(42-20(3)39)29(4,5)23(30)11-14-32(24,31)8/h19,21,23-25H,9-18H2,1-8H3,(H,38,41)/t21?,23?,24?,25-,30-,31+,32+,33+/m0/s1. The molecular weight excluding hydrogens is 543 g/mol. The Labute approximate surface area is 249 Å². The van der Waals surface area contributed by atoms with Crippen LogP contribution in [0, 0.1) is 50.7 Å². The van der Waals surface area contributed by atoms with Crippen LogP contribution >= 0.6 is 0 Å². The van der Waals surface area contributed by atoms with Gasteiger partial charge < -0.3 is 10.1 Å². The highest BCUT2D eigenvalue weighted by Gasteiger charge is 2.71. The first kappa shape index (κ1) is 31.6. The molecule has 0 radical (unpaired) electrons. The molecule has 8 heteroatoms. The summed E-state index contributed by atoms with van der Waals surface area (Å²) in [5, 5.41) is 2.19. The quantitative estimate of drug-likeness (QED) is 0.341. The number of allylic oxidation sites excluding steroid dienone is 1. The third kappa shape index (κ3) is 4.34. The fraction of sp³-hybridized carbons (Fsp3) is 0.853. The van der Waals surface area contributed by atoms with E-state index in [0.29, 0.717) is 30.3 Å². The van der Waals surface area contributed by atoms with Gasteiger partial charge in [0.25, 0.3) is 0 Å². The van der Waals surface area contributed by atoms with Gasteiger partial charge in [0.2, 0.25) is 5.91 Å². The van der Waals surface area contributed by atoms with Crippen LogP contribution in [-0.2, 0) is 19.1 Å². The largest absolute Gasteiger partial charge is 0.462 e. The van der Waals surface area contributed by atoms with Gasteiger partial charge in [-0.05, 0) is 102 Å². The molecule has 42 heavy (non-hydrogen) atoms. The summed E-state index contributed by atoms with van der Waals surface area (Å²) >= 11 is 0. The molecule has 5 aliphatic carbocycles. The molecule has 5 aliphatic rings. The average molecular weight is 594 g/mol. The lowest BCUT2D eigenvalue weighted by atomic mass is 9.33. The molecule has 0 aliphatic heterocycles. The van der Waals surface area contributed by atoms with Crippen LogP contribution in [0.25, 0.3) is 0 Å². The maximum atomic E-state index is 13.7. The number of hydrogen-bond acceptors (Lipinski definition) is 4. The maximum Gasteiger partial charge on any atom is 0.405 e. The van der Waals surface area contributed by atoms with Crippen molar-refractivity contribution in [2.75, 3.05) is 6.54 Å². The molecule has 0 bridgehead atoms. The van der Waals surface area contributed by atoms with E-state index in [9.17, 15) is 27.6 Å². The van der Waals surface area contributed by atoms with Crippen molar-refractivity contribution in [1.82, 2.24) is 5.32 Å². The van der Waals surface area contributed by atoms with E-state index in [1.165, 1.54) is 6.92 Å². The Morgan fingerprint density at radius 3 is 2.19 bits per heavy atom. The van der Waals surface area contributed by atoms with Crippen LogP contribution in [0.3, 0.4) is 0 Å². The Kier molecular flexibility index (Phi) is 7.38. The van der Waals surface area contributed by atoms with Gasteiger partial charge >= 0.3 is 12.1 Å². The van der Waals surface area contributed by atoms with Crippen molar-refractivity contribution >= 4 is 17.7 Å². The van der Waals surface area contributed by atoms with Crippen molar-refractivity contribution in [3.63, 3.8) is 0 Å². The first-order valence-electron chi connectivity index (χ1n) is 16.0. The van der Waals surface area contributed by atoms with E-state index >= 15 is 0 Å². The van der Waals surface area contributed by atoms with E-state index in [1.807, 2.05) is 13.8 Å². The van der Waals surface area contributed by atoms with Crippen LogP contribution in [0.4, 0.5) is 13.2 Å². The summed E-state index contributed by atoms with van der Waals surface area (Å²) in [5.41, 5.74) is 0.0393. The first-order chi connectivity index (χ1) is 19.2. The summed E-state index contributed by atoms with van der Waals surface area (Å²) < 4.78 is 45.3. The molecule has 0 aromatic rings. The van der Waals surface area contributed by atoms with Crippen molar-refractivity contribution in [2.45, 2.75) is 125 Å². The highest BCUT2D eigenvalue weighted by molar-refractivity contribution is 6.06. The van der Waals surface area contributed by atoms with Crippen LogP contribution in [0.5, 0.6) is 0 Å². The minimum Gasteiger partial charge on any atom is -0.462 e. The highest BCUT2D eigenvalue weighted by atomic mass is 19.4. The minimum atomic E-state index is -4.51. The lowest BCUT2D eigenvalue weighted by Crippen LogP contribution is -2.66. The van der Waals surface area contributed by atoms with Crippen molar-refractivity contribution in [3.8, 4) is 0 Å². The Morgan fingerprint density at radius 1 is 0.929 bits per heavy atom. The number of fused-ring (bicyclic) bond motifs is 7. The SMILES string of the molecule is CC(=O)O[C@H]1CC[C@@]2(C)C(CC[C@]3(C)C2CCC2C4=C(C(C)C)C(=O)C[C@]4(C(=O)NCC(F)(F)F)CC[C@]23C)C1(C)C. The van der Waals surface area contributed by atoms with Crippen LogP contribution in [0.1, 0.15) is 113 Å². The van der Waals surface area contributed by atoms with Crippen molar-refractivity contribution in [1.29, 1.82) is 0 Å². The van der Waals surface area contributed by atoms with Crippen molar-refractivity contribution in [3.05, 3.63) is 11.1 Å². The van der Waals surface area contributed by atoms with Crippen LogP contribution in [0.15, 0.2) is 11.1 Å². The number of rotatable bonds is 4. The number of carbonyl (C=O) groups excluding carboxylic acids is 3. The zero-order valence-electron chi connectivity index (χ0n) is 26.7. The molecule has 4 fully saturated rings. The summed E-state index contributed by atoms with van der Waals surface area (Å²) in [5.74, 6) is -0.211. The molecule has 3 unspecified atom stereocenters. The number of ether oxygens (including phenoxy) is 1. The van der Waals surface area contributed by atoms with E-state index in [1.54, 1.807) is 0 Å². The maximum absolute atomic E-state index is 13.7. The lowest BCUT2D eigenvalue weighted by Gasteiger charge is -2.72. The Balaban J connectivity index is 1.54. The van der Waals surface area contributed by atoms with Crippen LogP contribution in [0.2, 0.25) is 0 Å². The molecule has 5 rings (SSSR count). The molecule has 0 saturated heterocycles. The van der Waals surface area contributed by atoms with Crippen molar-refractivity contribution in [2.24, 2.45) is 50.7 Å². The van der Waals surface area contributed by atoms with Gasteiger partial charge in [-0.15, -0.1) is 0 Å². The van der Waals surface area contributed by atoms with E-state index in [2.05, 4.69) is 39.9 Å². The Hall–Kier alpha value is -1.86.